The molecule has 1 aromatic heterocycles. The number of halogens is 1. The third-order valence-corrected chi connectivity index (χ3v) is 6.77. The number of carbonyl (C=O) groups excluding carboxylic acids is 1. The van der Waals surface area contributed by atoms with Gasteiger partial charge in [-0.2, -0.15) is 0 Å². The summed E-state index contributed by atoms with van der Waals surface area (Å²) in [5.41, 5.74) is 1.25. The molecule has 1 N–H and O–H groups in total. The molecule has 0 radical (unpaired) electrons. The fourth-order valence-electron chi connectivity index (χ4n) is 3.55. The number of nitrogens with zero attached hydrogens (tertiary/aromatic N) is 1. The van der Waals surface area contributed by atoms with Crippen LogP contribution >= 0.6 is 0 Å². The van der Waals surface area contributed by atoms with Crippen molar-refractivity contribution in [2.45, 2.75) is 43.7 Å². The van der Waals surface area contributed by atoms with Crippen molar-refractivity contribution in [3.8, 4) is 0 Å². The van der Waals surface area contributed by atoms with Gasteiger partial charge in [-0.05, 0) is 80.8 Å². The van der Waals surface area contributed by atoms with Gasteiger partial charge in [0.25, 0.3) is 15.9 Å². The summed E-state index contributed by atoms with van der Waals surface area (Å²) < 4.78 is 46.8. The van der Waals surface area contributed by atoms with E-state index in [1.807, 2.05) is 13.0 Å². The molecule has 1 saturated carbocycles. The molecule has 1 fully saturated rings. The quantitative estimate of drug-likeness (QED) is 0.565. The number of anilines is 1. The molecule has 1 unspecified atom stereocenters. The van der Waals surface area contributed by atoms with Gasteiger partial charge in [-0.25, -0.2) is 12.8 Å². The van der Waals surface area contributed by atoms with Crippen LogP contribution < -0.4 is 4.72 Å². The van der Waals surface area contributed by atoms with Crippen molar-refractivity contribution in [1.29, 1.82) is 0 Å². The molecule has 3 aromatic rings. The van der Waals surface area contributed by atoms with E-state index < -0.39 is 15.8 Å². The van der Waals surface area contributed by atoms with E-state index in [4.69, 9.17) is 4.42 Å². The molecule has 1 aliphatic rings. The second-order valence-corrected chi connectivity index (χ2v) is 9.41. The Morgan fingerprint density at radius 2 is 1.87 bits per heavy atom. The first-order chi connectivity index (χ1) is 14.8. The molecule has 0 bridgehead atoms. The maximum Gasteiger partial charge on any atom is 0.261 e. The standard InChI is InChI=1S/C23H23FN2O4S/c1-15-5-12-20(31(28,29)25-18-8-6-17(24)7-9-18)14-21(15)23(27)26(19-10-11-19)16(2)22-4-3-13-30-22/h3-9,12-14,16,19,25H,10-11H2,1-2H3. The van der Waals surface area contributed by atoms with Crippen molar-refractivity contribution >= 4 is 21.6 Å². The Morgan fingerprint density at radius 1 is 1.16 bits per heavy atom. The van der Waals surface area contributed by atoms with Gasteiger partial charge in [0, 0.05) is 17.3 Å². The number of sulfonamides is 1. The summed E-state index contributed by atoms with van der Waals surface area (Å²) in [6.07, 6.45) is 3.38. The molecule has 1 atom stereocenters. The zero-order valence-corrected chi connectivity index (χ0v) is 18.0. The summed E-state index contributed by atoms with van der Waals surface area (Å²) in [5.74, 6) is -0.0144. The maximum absolute atomic E-state index is 13.5. The number of hydrogen-bond acceptors (Lipinski definition) is 4. The number of furan rings is 1. The zero-order chi connectivity index (χ0) is 22.2. The summed E-state index contributed by atoms with van der Waals surface area (Å²) in [5, 5.41) is 0. The average molecular weight is 443 g/mol. The van der Waals surface area contributed by atoms with E-state index in [9.17, 15) is 17.6 Å². The first kappa shape index (κ1) is 21.1. The molecule has 2 aromatic carbocycles. The zero-order valence-electron chi connectivity index (χ0n) is 17.2. The molecule has 1 aliphatic carbocycles. The average Bonchev–Trinajstić information content (AvgIpc) is 3.40. The first-order valence-electron chi connectivity index (χ1n) is 10.0. The summed E-state index contributed by atoms with van der Waals surface area (Å²) in [7, 11) is -3.95. The minimum absolute atomic E-state index is 0.0350. The maximum atomic E-state index is 13.5. The Morgan fingerprint density at radius 3 is 2.48 bits per heavy atom. The molecule has 162 valence electrons. The predicted octanol–water partition coefficient (Wildman–Crippen LogP) is 4.89. The van der Waals surface area contributed by atoms with Crippen LogP contribution in [0.15, 0.2) is 70.2 Å². The summed E-state index contributed by atoms with van der Waals surface area (Å²) in [6.45, 7) is 3.68. The number of nitrogens with one attached hydrogen (secondary N) is 1. The molecule has 0 saturated heterocycles. The highest BCUT2D eigenvalue weighted by Gasteiger charge is 2.38. The minimum atomic E-state index is -3.95. The van der Waals surface area contributed by atoms with E-state index in [0.717, 1.165) is 12.8 Å². The summed E-state index contributed by atoms with van der Waals surface area (Å²) >= 11 is 0. The first-order valence-corrected chi connectivity index (χ1v) is 11.5. The number of carbonyl (C=O) groups is 1. The van der Waals surface area contributed by atoms with E-state index in [0.29, 0.717) is 16.9 Å². The van der Waals surface area contributed by atoms with Gasteiger partial charge < -0.3 is 9.32 Å². The molecule has 0 aliphatic heterocycles. The van der Waals surface area contributed by atoms with E-state index in [-0.39, 0.29) is 28.6 Å². The molecule has 4 rings (SSSR count). The van der Waals surface area contributed by atoms with Crippen LogP contribution in [-0.2, 0) is 10.0 Å². The highest BCUT2D eigenvalue weighted by Crippen LogP contribution is 2.36. The number of rotatable bonds is 7. The van der Waals surface area contributed by atoms with Crippen LogP contribution in [0.3, 0.4) is 0 Å². The molecule has 6 nitrogen and oxygen atoms in total. The highest BCUT2D eigenvalue weighted by molar-refractivity contribution is 7.92. The predicted molar refractivity (Wildman–Crippen MR) is 115 cm³/mol. The lowest BCUT2D eigenvalue weighted by atomic mass is 10.1. The molecule has 1 amide bonds. The number of aryl methyl sites for hydroxylation is 1. The van der Waals surface area contributed by atoms with E-state index >= 15 is 0 Å². The number of benzene rings is 2. The van der Waals surface area contributed by atoms with Crippen LogP contribution in [0.1, 0.15) is 47.5 Å². The van der Waals surface area contributed by atoms with Crippen LogP contribution in [0.5, 0.6) is 0 Å². The monoisotopic (exact) mass is 442 g/mol. The van der Waals surface area contributed by atoms with Gasteiger partial charge in [0.2, 0.25) is 0 Å². The Bertz CT molecular complexity index is 1190. The van der Waals surface area contributed by atoms with Crippen LogP contribution in [0, 0.1) is 12.7 Å². The summed E-state index contributed by atoms with van der Waals surface area (Å²) in [4.78, 5) is 15.2. The number of hydrogen-bond donors (Lipinski definition) is 1. The largest absolute Gasteiger partial charge is 0.467 e. The Kier molecular flexibility index (Phi) is 5.58. The number of amides is 1. The van der Waals surface area contributed by atoms with Crippen LogP contribution in [-0.4, -0.2) is 25.3 Å². The third-order valence-electron chi connectivity index (χ3n) is 5.39. The van der Waals surface area contributed by atoms with Gasteiger partial charge in [0.1, 0.15) is 11.6 Å². The van der Waals surface area contributed by atoms with Crippen molar-refractivity contribution in [2.75, 3.05) is 4.72 Å². The molecule has 1 heterocycles. The third kappa shape index (κ3) is 4.49. The fourth-order valence-corrected chi connectivity index (χ4v) is 4.63. The van der Waals surface area contributed by atoms with Crippen LogP contribution in [0.4, 0.5) is 10.1 Å². The van der Waals surface area contributed by atoms with Crippen LogP contribution in [0.2, 0.25) is 0 Å². The Balaban J connectivity index is 1.65. The molecular formula is C23H23FN2O4S. The minimum Gasteiger partial charge on any atom is -0.467 e. The summed E-state index contributed by atoms with van der Waals surface area (Å²) in [6, 6.07) is 12.9. The Hall–Kier alpha value is -3.13. The van der Waals surface area contributed by atoms with Crippen LogP contribution in [0.25, 0.3) is 0 Å². The lowest BCUT2D eigenvalue weighted by Gasteiger charge is -2.29. The molecule has 0 spiro atoms. The van der Waals surface area contributed by atoms with Crippen molar-refractivity contribution in [3.05, 3.63) is 83.6 Å². The van der Waals surface area contributed by atoms with Crippen molar-refractivity contribution in [3.63, 3.8) is 0 Å². The van der Waals surface area contributed by atoms with Gasteiger partial charge in [0.05, 0.1) is 17.2 Å². The molecule has 31 heavy (non-hydrogen) atoms. The normalized spacial score (nSPS) is 14.8. The fraction of sp³-hybridized carbons (Fsp3) is 0.261. The van der Waals surface area contributed by atoms with E-state index in [1.165, 1.54) is 36.4 Å². The van der Waals surface area contributed by atoms with Crippen molar-refractivity contribution in [1.82, 2.24) is 4.90 Å². The lowest BCUT2D eigenvalue weighted by molar-refractivity contribution is 0.0651. The highest BCUT2D eigenvalue weighted by atomic mass is 32.2. The van der Waals surface area contributed by atoms with E-state index in [1.54, 1.807) is 30.2 Å². The lowest BCUT2D eigenvalue weighted by Crippen LogP contribution is -2.36. The van der Waals surface area contributed by atoms with Crippen molar-refractivity contribution in [2.24, 2.45) is 0 Å². The van der Waals surface area contributed by atoms with Gasteiger partial charge >= 0.3 is 0 Å². The van der Waals surface area contributed by atoms with Gasteiger partial charge in [-0.15, -0.1) is 0 Å². The van der Waals surface area contributed by atoms with Gasteiger partial charge in [-0.3, -0.25) is 9.52 Å². The second-order valence-electron chi connectivity index (χ2n) is 7.72. The SMILES string of the molecule is Cc1ccc(S(=O)(=O)Nc2ccc(F)cc2)cc1C(=O)N(C1CC1)C(C)c1ccco1. The topological polar surface area (TPSA) is 79.6 Å². The molecular weight excluding hydrogens is 419 g/mol. The van der Waals surface area contributed by atoms with Gasteiger partial charge in [0.15, 0.2) is 0 Å². The Labute approximate surface area is 180 Å². The van der Waals surface area contributed by atoms with Gasteiger partial charge in [-0.1, -0.05) is 6.07 Å². The molecule has 8 heteroatoms. The smallest absolute Gasteiger partial charge is 0.261 e. The second kappa shape index (κ2) is 8.19. The van der Waals surface area contributed by atoms with E-state index in [2.05, 4.69) is 4.72 Å². The van der Waals surface area contributed by atoms with Crippen molar-refractivity contribution < 1.29 is 22.0 Å².